The lowest BCUT2D eigenvalue weighted by Crippen LogP contribution is -2.44. The van der Waals surface area contributed by atoms with Crippen LogP contribution in [0.1, 0.15) is 4.88 Å². The molecule has 1 aromatic heterocycles. The molecule has 2 N–H and O–H groups in total. The molecule has 0 spiro atoms. The molecular weight excluding hydrogens is 429 g/mol. The van der Waals surface area contributed by atoms with Gasteiger partial charge < -0.3 is 15.5 Å². The number of carbonyl (C=O) groups excluding carboxylic acids is 2. The molecule has 128 valence electrons. The molecule has 0 saturated carbocycles. The van der Waals surface area contributed by atoms with Gasteiger partial charge in [0.15, 0.2) is 5.96 Å². The van der Waals surface area contributed by atoms with E-state index in [1.807, 2.05) is 18.0 Å². The Bertz CT molecular complexity index is 533. The Kier molecular flexibility index (Phi) is 8.31. The Morgan fingerprint density at radius 1 is 1.52 bits per heavy atom. The van der Waals surface area contributed by atoms with Crippen LogP contribution in [0.5, 0.6) is 0 Å². The highest BCUT2D eigenvalue weighted by Gasteiger charge is 2.27. The van der Waals surface area contributed by atoms with Gasteiger partial charge in [0, 0.05) is 38.6 Å². The van der Waals surface area contributed by atoms with Crippen molar-refractivity contribution in [2.45, 2.75) is 6.42 Å². The highest BCUT2D eigenvalue weighted by molar-refractivity contribution is 14.0. The Hall–Kier alpha value is -1.36. The summed E-state index contributed by atoms with van der Waals surface area (Å²) in [6, 6.07) is 3.84. The molecule has 23 heavy (non-hydrogen) atoms. The first-order chi connectivity index (χ1) is 10.6. The lowest BCUT2D eigenvalue weighted by molar-refractivity contribution is -0.124. The number of hydrogen-bond donors (Lipinski definition) is 2. The van der Waals surface area contributed by atoms with Crippen LogP contribution in [-0.4, -0.2) is 68.0 Å². The van der Waals surface area contributed by atoms with E-state index in [0.717, 1.165) is 18.9 Å². The summed E-state index contributed by atoms with van der Waals surface area (Å²) >= 11 is 1.74. The van der Waals surface area contributed by atoms with Crippen LogP contribution in [0, 0.1) is 0 Å². The zero-order valence-corrected chi connectivity index (χ0v) is 16.4. The molecule has 0 radical (unpaired) electrons. The van der Waals surface area contributed by atoms with Gasteiger partial charge >= 0.3 is 6.03 Å². The number of halogens is 1. The van der Waals surface area contributed by atoms with Crippen LogP contribution in [0.2, 0.25) is 0 Å². The first-order valence-electron chi connectivity index (χ1n) is 7.14. The Labute approximate surface area is 157 Å². The van der Waals surface area contributed by atoms with E-state index >= 15 is 0 Å². The standard InChI is InChI=1S/C14H21N5O2S.HI/c1-15-13(18(2)7-5-11-4-3-9-22-11)16-6-8-19-12(20)10-17-14(19)21;/h3-4,9H,5-8,10H2,1-2H3,(H,15,16)(H,17,21);1H. The van der Waals surface area contributed by atoms with Crippen LogP contribution < -0.4 is 10.6 Å². The summed E-state index contributed by atoms with van der Waals surface area (Å²) in [6.07, 6.45) is 0.960. The average molecular weight is 451 g/mol. The van der Waals surface area contributed by atoms with Crippen LogP contribution in [0.25, 0.3) is 0 Å². The summed E-state index contributed by atoms with van der Waals surface area (Å²) in [6.45, 7) is 1.76. The van der Waals surface area contributed by atoms with Crippen molar-refractivity contribution in [1.82, 2.24) is 20.4 Å². The second-order valence-corrected chi connectivity index (χ2v) is 5.96. The summed E-state index contributed by atoms with van der Waals surface area (Å²) in [4.78, 5) is 31.7. The molecule has 1 fully saturated rings. The van der Waals surface area contributed by atoms with Crippen molar-refractivity contribution >= 4 is 53.2 Å². The van der Waals surface area contributed by atoms with Crippen molar-refractivity contribution in [2.24, 2.45) is 4.99 Å². The molecule has 0 aromatic carbocycles. The van der Waals surface area contributed by atoms with Crippen molar-refractivity contribution in [1.29, 1.82) is 0 Å². The molecule has 0 unspecified atom stereocenters. The van der Waals surface area contributed by atoms with Crippen LogP contribution in [0.3, 0.4) is 0 Å². The third kappa shape index (κ3) is 5.65. The minimum absolute atomic E-state index is 0. The lowest BCUT2D eigenvalue weighted by Gasteiger charge is -2.22. The number of amides is 3. The van der Waals surface area contributed by atoms with Crippen LogP contribution in [0.4, 0.5) is 4.79 Å². The van der Waals surface area contributed by atoms with Crippen LogP contribution in [0.15, 0.2) is 22.5 Å². The number of hydrogen-bond acceptors (Lipinski definition) is 4. The highest BCUT2D eigenvalue weighted by atomic mass is 127. The van der Waals surface area contributed by atoms with E-state index in [9.17, 15) is 9.59 Å². The fourth-order valence-corrected chi connectivity index (χ4v) is 2.88. The first kappa shape index (κ1) is 19.7. The lowest BCUT2D eigenvalue weighted by atomic mass is 10.3. The number of thiophene rings is 1. The maximum atomic E-state index is 11.5. The summed E-state index contributed by atoms with van der Waals surface area (Å²) in [5, 5.41) is 7.74. The predicted molar refractivity (Wildman–Crippen MR) is 103 cm³/mol. The second kappa shape index (κ2) is 9.71. The van der Waals surface area contributed by atoms with Crippen molar-refractivity contribution in [3.05, 3.63) is 22.4 Å². The van der Waals surface area contributed by atoms with E-state index in [2.05, 4.69) is 27.1 Å². The molecule has 1 saturated heterocycles. The van der Waals surface area contributed by atoms with Crippen LogP contribution >= 0.6 is 35.3 Å². The number of likely N-dealkylation sites (N-methyl/N-ethyl adjacent to an activating group) is 1. The molecule has 2 heterocycles. The van der Waals surface area contributed by atoms with E-state index in [0.29, 0.717) is 13.1 Å². The van der Waals surface area contributed by atoms with Crippen molar-refractivity contribution in [3.8, 4) is 0 Å². The summed E-state index contributed by atoms with van der Waals surface area (Å²) < 4.78 is 0. The fourth-order valence-electron chi connectivity index (χ4n) is 2.18. The zero-order valence-electron chi connectivity index (χ0n) is 13.2. The van der Waals surface area contributed by atoms with Gasteiger partial charge in [-0.3, -0.25) is 14.7 Å². The molecule has 1 aliphatic rings. The molecule has 1 aromatic rings. The SMILES string of the molecule is CN=C(NCCN1C(=O)CNC1=O)N(C)CCc1cccs1.I. The van der Waals surface area contributed by atoms with E-state index in [1.165, 1.54) is 9.78 Å². The molecule has 3 amide bonds. The largest absolute Gasteiger partial charge is 0.354 e. The fraction of sp³-hybridized carbons (Fsp3) is 0.500. The van der Waals surface area contributed by atoms with Gasteiger partial charge in [-0.2, -0.15) is 0 Å². The van der Waals surface area contributed by atoms with E-state index in [-0.39, 0.29) is 42.5 Å². The number of nitrogens with zero attached hydrogens (tertiary/aromatic N) is 3. The molecule has 0 bridgehead atoms. The van der Waals surface area contributed by atoms with E-state index in [4.69, 9.17) is 0 Å². The van der Waals surface area contributed by atoms with Gasteiger partial charge in [-0.1, -0.05) is 6.07 Å². The molecule has 2 rings (SSSR count). The molecular formula is C14H22IN5O2S. The van der Waals surface area contributed by atoms with Gasteiger partial charge in [0.2, 0.25) is 5.91 Å². The van der Waals surface area contributed by atoms with Crippen molar-refractivity contribution < 1.29 is 9.59 Å². The van der Waals surface area contributed by atoms with Crippen molar-refractivity contribution in [3.63, 3.8) is 0 Å². The second-order valence-electron chi connectivity index (χ2n) is 4.93. The van der Waals surface area contributed by atoms with Gasteiger partial charge in [-0.25, -0.2) is 4.79 Å². The highest BCUT2D eigenvalue weighted by Crippen LogP contribution is 2.09. The third-order valence-electron chi connectivity index (χ3n) is 3.40. The van der Waals surface area contributed by atoms with E-state index < -0.39 is 0 Å². The van der Waals surface area contributed by atoms with Gasteiger partial charge in [0.05, 0.1) is 6.54 Å². The minimum atomic E-state index is -0.326. The Morgan fingerprint density at radius 2 is 2.30 bits per heavy atom. The van der Waals surface area contributed by atoms with E-state index in [1.54, 1.807) is 18.4 Å². The third-order valence-corrected chi connectivity index (χ3v) is 4.34. The normalized spacial score (nSPS) is 14.5. The predicted octanol–water partition coefficient (Wildman–Crippen LogP) is 0.968. The maximum Gasteiger partial charge on any atom is 0.324 e. The number of carbonyl (C=O) groups is 2. The molecule has 9 heteroatoms. The van der Waals surface area contributed by atoms with Crippen LogP contribution in [-0.2, 0) is 11.2 Å². The summed E-state index contributed by atoms with van der Waals surface area (Å²) in [5.74, 6) is 0.566. The topological polar surface area (TPSA) is 77.0 Å². The maximum absolute atomic E-state index is 11.5. The monoisotopic (exact) mass is 451 g/mol. The molecule has 0 atom stereocenters. The molecule has 1 aliphatic heterocycles. The van der Waals surface area contributed by atoms with Crippen molar-refractivity contribution in [2.75, 3.05) is 40.3 Å². The minimum Gasteiger partial charge on any atom is -0.354 e. The first-order valence-corrected chi connectivity index (χ1v) is 8.02. The molecule has 0 aliphatic carbocycles. The summed E-state index contributed by atoms with van der Waals surface area (Å²) in [5.41, 5.74) is 0. The smallest absolute Gasteiger partial charge is 0.324 e. The Morgan fingerprint density at radius 3 is 2.87 bits per heavy atom. The van der Waals surface area contributed by atoms with Gasteiger partial charge in [0.25, 0.3) is 0 Å². The molecule has 7 nitrogen and oxygen atoms in total. The zero-order chi connectivity index (χ0) is 15.9. The average Bonchev–Trinajstić information content (AvgIpc) is 3.13. The number of nitrogens with one attached hydrogen (secondary N) is 2. The number of imide groups is 1. The number of aliphatic imine (C=N–C) groups is 1. The number of guanidine groups is 1. The number of urea groups is 1. The summed E-state index contributed by atoms with van der Waals surface area (Å²) in [7, 11) is 3.69. The number of rotatable bonds is 6. The van der Waals surface area contributed by atoms with Gasteiger partial charge in [0.1, 0.15) is 0 Å². The van der Waals surface area contributed by atoms with Gasteiger partial charge in [-0.15, -0.1) is 35.3 Å². The Balaban J connectivity index is 0.00000264. The van der Waals surface area contributed by atoms with Gasteiger partial charge in [-0.05, 0) is 17.9 Å². The quantitative estimate of drug-likeness (QED) is 0.293.